The summed E-state index contributed by atoms with van der Waals surface area (Å²) in [5.41, 5.74) is 2.73. The van der Waals surface area contributed by atoms with Crippen LogP contribution in [0, 0.1) is 17.7 Å². The second-order valence-electron chi connectivity index (χ2n) is 5.27. The molecule has 3 rings (SSSR count). The summed E-state index contributed by atoms with van der Waals surface area (Å²) < 4.78 is 13.2. The molecular formula is C21H15ClFN. The van der Waals surface area contributed by atoms with Crippen LogP contribution < -0.4 is 5.32 Å². The number of benzene rings is 3. The van der Waals surface area contributed by atoms with Crippen molar-refractivity contribution in [2.75, 3.05) is 5.32 Å². The van der Waals surface area contributed by atoms with E-state index in [9.17, 15) is 4.39 Å². The van der Waals surface area contributed by atoms with E-state index in [1.54, 1.807) is 12.1 Å². The normalized spacial score (nSPS) is 11.2. The fourth-order valence-electron chi connectivity index (χ4n) is 2.25. The summed E-state index contributed by atoms with van der Waals surface area (Å²) in [7, 11) is 0. The molecule has 0 saturated carbocycles. The number of hydrogen-bond donors (Lipinski definition) is 1. The van der Waals surface area contributed by atoms with Crippen LogP contribution in [0.15, 0.2) is 78.9 Å². The second-order valence-corrected chi connectivity index (χ2v) is 5.71. The summed E-state index contributed by atoms with van der Waals surface area (Å²) in [6.07, 6.45) is 0. The van der Waals surface area contributed by atoms with Gasteiger partial charge in [-0.25, -0.2) is 4.39 Å². The van der Waals surface area contributed by atoms with Crippen molar-refractivity contribution in [3.8, 4) is 11.8 Å². The molecule has 3 aromatic rings. The summed E-state index contributed by atoms with van der Waals surface area (Å²) in [4.78, 5) is 0. The molecule has 0 aliphatic carbocycles. The van der Waals surface area contributed by atoms with Gasteiger partial charge in [0.15, 0.2) is 0 Å². The van der Waals surface area contributed by atoms with Gasteiger partial charge in [0.25, 0.3) is 0 Å². The van der Waals surface area contributed by atoms with Gasteiger partial charge >= 0.3 is 0 Å². The molecule has 0 saturated heterocycles. The van der Waals surface area contributed by atoms with Gasteiger partial charge in [0.05, 0.1) is 0 Å². The average Bonchev–Trinajstić information content (AvgIpc) is 2.62. The lowest BCUT2D eigenvalue weighted by molar-refractivity contribution is 0.627. The van der Waals surface area contributed by atoms with Gasteiger partial charge in [-0.3, -0.25) is 0 Å². The third-order valence-corrected chi connectivity index (χ3v) is 3.75. The van der Waals surface area contributed by atoms with Crippen molar-refractivity contribution >= 4 is 17.3 Å². The van der Waals surface area contributed by atoms with Gasteiger partial charge in [-0.1, -0.05) is 53.8 Å². The van der Waals surface area contributed by atoms with Crippen LogP contribution >= 0.6 is 11.6 Å². The first-order valence-corrected chi connectivity index (χ1v) is 7.93. The van der Waals surface area contributed by atoms with Crippen molar-refractivity contribution in [3.63, 3.8) is 0 Å². The van der Waals surface area contributed by atoms with Gasteiger partial charge in [-0.05, 0) is 54.1 Å². The molecule has 3 aromatic carbocycles. The molecule has 0 bridgehead atoms. The molecule has 0 aliphatic heterocycles. The lowest BCUT2D eigenvalue weighted by atomic mass is 10.1. The van der Waals surface area contributed by atoms with Crippen LogP contribution in [-0.4, -0.2) is 0 Å². The van der Waals surface area contributed by atoms with E-state index < -0.39 is 0 Å². The van der Waals surface area contributed by atoms with E-state index in [4.69, 9.17) is 11.6 Å². The SMILES string of the molecule is Fc1ccc(C(C#Cc2ccccc2)Nc2ccc(Cl)cc2)cc1. The first-order chi connectivity index (χ1) is 11.7. The molecule has 1 unspecified atom stereocenters. The van der Waals surface area contributed by atoms with Gasteiger partial charge in [-0.2, -0.15) is 0 Å². The predicted molar refractivity (Wildman–Crippen MR) is 97.5 cm³/mol. The van der Waals surface area contributed by atoms with E-state index >= 15 is 0 Å². The summed E-state index contributed by atoms with van der Waals surface area (Å²) in [6, 6.07) is 23.3. The van der Waals surface area contributed by atoms with Gasteiger partial charge in [0.1, 0.15) is 11.9 Å². The Labute approximate surface area is 146 Å². The van der Waals surface area contributed by atoms with Gasteiger partial charge < -0.3 is 5.32 Å². The molecule has 0 fully saturated rings. The predicted octanol–water partition coefficient (Wildman–Crippen LogP) is 5.68. The quantitative estimate of drug-likeness (QED) is 0.607. The smallest absolute Gasteiger partial charge is 0.123 e. The van der Waals surface area contributed by atoms with Gasteiger partial charge in [0, 0.05) is 16.3 Å². The molecule has 24 heavy (non-hydrogen) atoms. The summed E-state index contributed by atoms with van der Waals surface area (Å²) in [6.45, 7) is 0. The number of anilines is 1. The molecule has 1 nitrogen and oxygen atoms in total. The van der Waals surface area contributed by atoms with Crippen LogP contribution in [-0.2, 0) is 0 Å². The Morgan fingerprint density at radius 3 is 2.17 bits per heavy atom. The number of hydrogen-bond acceptors (Lipinski definition) is 1. The van der Waals surface area contributed by atoms with Crippen molar-refractivity contribution < 1.29 is 4.39 Å². The highest BCUT2D eigenvalue weighted by molar-refractivity contribution is 6.30. The highest BCUT2D eigenvalue weighted by atomic mass is 35.5. The minimum absolute atomic E-state index is 0.257. The van der Waals surface area contributed by atoms with E-state index in [2.05, 4.69) is 17.2 Å². The number of nitrogens with one attached hydrogen (secondary N) is 1. The van der Waals surface area contributed by atoms with E-state index in [-0.39, 0.29) is 11.9 Å². The molecule has 1 atom stereocenters. The molecule has 3 heteroatoms. The Hall–Kier alpha value is -2.76. The third-order valence-electron chi connectivity index (χ3n) is 3.49. The first kappa shape index (κ1) is 16.1. The highest BCUT2D eigenvalue weighted by Crippen LogP contribution is 2.21. The maximum atomic E-state index is 13.2. The molecule has 0 aromatic heterocycles. The fraction of sp³-hybridized carbons (Fsp3) is 0.0476. The lowest BCUT2D eigenvalue weighted by Crippen LogP contribution is -2.08. The lowest BCUT2D eigenvalue weighted by Gasteiger charge is -2.15. The minimum atomic E-state index is -0.264. The van der Waals surface area contributed by atoms with Crippen molar-refractivity contribution in [1.82, 2.24) is 0 Å². The monoisotopic (exact) mass is 335 g/mol. The molecular weight excluding hydrogens is 321 g/mol. The molecule has 1 N–H and O–H groups in total. The van der Waals surface area contributed by atoms with E-state index in [0.717, 1.165) is 16.8 Å². The third kappa shape index (κ3) is 4.38. The van der Waals surface area contributed by atoms with Crippen LogP contribution in [0.4, 0.5) is 10.1 Å². The van der Waals surface area contributed by atoms with E-state index in [1.165, 1.54) is 12.1 Å². The largest absolute Gasteiger partial charge is 0.368 e. The molecule has 0 aliphatic rings. The second kappa shape index (κ2) is 7.68. The van der Waals surface area contributed by atoms with E-state index in [1.807, 2.05) is 54.6 Å². The van der Waals surface area contributed by atoms with Crippen molar-refractivity contribution in [2.24, 2.45) is 0 Å². The zero-order chi connectivity index (χ0) is 16.8. The minimum Gasteiger partial charge on any atom is -0.368 e. The van der Waals surface area contributed by atoms with E-state index in [0.29, 0.717) is 5.02 Å². The Morgan fingerprint density at radius 1 is 0.833 bits per heavy atom. The Kier molecular flexibility index (Phi) is 5.15. The zero-order valence-corrected chi connectivity index (χ0v) is 13.6. The van der Waals surface area contributed by atoms with Crippen LogP contribution in [0.25, 0.3) is 0 Å². The first-order valence-electron chi connectivity index (χ1n) is 7.55. The van der Waals surface area contributed by atoms with Gasteiger partial charge in [-0.15, -0.1) is 0 Å². The molecule has 0 radical (unpaired) electrons. The van der Waals surface area contributed by atoms with Gasteiger partial charge in [0.2, 0.25) is 0 Å². The van der Waals surface area contributed by atoms with Crippen molar-refractivity contribution in [1.29, 1.82) is 0 Å². The summed E-state index contributed by atoms with van der Waals surface area (Å²) in [5, 5.41) is 4.03. The standard InChI is InChI=1S/C21H15ClFN/c22-18-9-13-20(14-10-18)24-21(17-7-11-19(23)12-8-17)15-6-16-4-2-1-3-5-16/h1-5,7-14,21,24H. The topological polar surface area (TPSA) is 12.0 Å². The Balaban J connectivity index is 1.90. The Morgan fingerprint density at radius 2 is 1.50 bits per heavy atom. The highest BCUT2D eigenvalue weighted by Gasteiger charge is 2.08. The summed E-state index contributed by atoms with van der Waals surface area (Å²) in [5.74, 6) is 6.11. The summed E-state index contributed by atoms with van der Waals surface area (Å²) >= 11 is 5.93. The van der Waals surface area contributed by atoms with Crippen molar-refractivity contribution in [3.05, 3.63) is 101 Å². The maximum absolute atomic E-state index is 13.2. The number of rotatable bonds is 3. The average molecular weight is 336 g/mol. The van der Waals surface area contributed by atoms with Crippen LogP contribution in [0.2, 0.25) is 5.02 Å². The molecule has 0 amide bonds. The Bertz CT molecular complexity index is 846. The maximum Gasteiger partial charge on any atom is 0.123 e. The van der Waals surface area contributed by atoms with Crippen molar-refractivity contribution in [2.45, 2.75) is 6.04 Å². The molecule has 0 heterocycles. The number of halogens is 2. The van der Waals surface area contributed by atoms with Crippen LogP contribution in [0.5, 0.6) is 0 Å². The molecule has 0 spiro atoms. The van der Waals surface area contributed by atoms with Crippen LogP contribution in [0.3, 0.4) is 0 Å². The fourth-order valence-corrected chi connectivity index (χ4v) is 2.37. The van der Waals surface area contributed by atoms with Crippen LogP contribution in [0.1, 0.15) is 17.2 Å². The molecule has 118 valence electrons. The zero-order valence-electron chi connectivity index (χ0n) is 12.8.